The molecule has 0 aliphatic carbocycles. The van der Waals surface area contributed by atoms with E-state index in [-0.39, 0.29) is 0 Å². The first kappa shape index (κ1) is 7.75. The fourth-order valence-electron chi connectivity index (χ4n) is 1.10. The first-order valence-corrected chi connectivity index (χ1v) is 3.82. The molecule has 2 rings (SSSR count). The number of hydrogen-bond donors (Lipinski definition) is 3. The minimum absolute atomic E-state index is 0.638. The van der Waals surface area contributed by atoms with E-state index in [1.165, 1.54) is 0 Å². The maximum absolute atomic E-state index is 5.24. The topological polar surface area (TPSA) is 79.6 Å². The van der Waals surface area contributed by atoms with E-state index in [0.717, 1.165) is 11.1 Å². The molecule has 0 aromatic carbocycles. The highest BCUT2D eigenvalue weighted by Gasteiger charge is 1.99. The number of aromatic nitrogens is 3. The smallest absolute Gasteiger partial charge is 0.140 e. The lowest BCUT2D eigenvalue weighted by atomic mass is 10.1. The number of H-pyrrole nitrogens is 1. The molecule has 0 amide bonds. The maximum Gasteiger partial charge on any atom is 0.140 e. The Bertz CT molecular complexity index is 381. The average Bonchev–Trinajstić information content (AvgIpc) is 2.71. The highest BCUT2D eigenvalue weighted by Crippen LogP contribution is 2.18. The van der Waals surface area contributed by atoms with E-state index >= 15 is 0 Å². The minimum Gasteiger partial charge on any atom is -0.308 e. The first-order valence-electron chi connectivity index (χ1n) is 3.82. The highest BCUT2D eigenvalue weighted by atomic mass is 15.2. The Kier molecular flexibility index (Phi) is 1.93. The molecule has 66 valence electrons. The number of nitrogens with zero attached hydrogens (tertiary/aromatic N) is 2. The first-order chi connectivity index (χ1) is 6.40. The lowest BCUT2D eigenvalue weighted by molar-refractivity contribution is 1.09. The quantitative estimate of drug-likeness (QED) is 0.465. The molecule has 5 heteroatoms. The van der Waals surface area contributed by atoms with Gasteiger partial charge in [0.25, 0.3) is 0 Å². The van der Waals surface area contributed by atoms with Gasteiger partial charge in [-0.15, -0.1) is 0 Å². The van der Waals surface area contributed by atoms with Gasteiger partial charge in [0, 0.05) is 18.0 Å². The van der Waals surface area contributed by atoms with Crippen molar-refractivity contribution in [3.63, 3.8) is 0 Å². The summed E-state index contributed by atoms with van der Waals surface area (Å²) in [5, 5.41) is 6.60. The van der Waals surface area contributed by atoms with E-state index < -0.39 is 0 Å². The monoisotopic (exact) mass is 175 g/mol. The van der Waals surface area contributed by atoms with Gasteiger partial charge in [0.1, 0.15) is 5.82 Å². The van der Waals surface area contributed by atoms with Crippen LogP contribution in [0.15, 0.2) is 30.7 Å². The fraction of sp³-hybridized carbons (Fsp3) is 0. The Labute approximate surface area is 75.0 Å². The third-order valence-corrected chi connectivity index (χ3v) is 1.74. The van der Waals surface area contributed by atoms with Crippen molar-refractivity contribution in [3.05, 3.63) is 30.7 Å². The average molecular weight is 175 g/mol. The number of hydrogen-bond acceptors (Lipinski definition) is 4. The van der Waals surface area contributed by atoms with Gasteiger partial charge in [-0.2, -0.15) is 5.10 Å². The molecule has 2 aromatic heterocycles. The summed E-state index contributed by atoms with van der Waals surface area (Å²) in [6.07, 6.45) is 5.25. The molecule has 0 fully saturated rings. The van der Waals surface area contributed by atoms with Crippen molar-refractivity contribution in [2.45, 2.75) is 0 Å². The zero-order chi connectivity index (χ0) is 9.10. The van der Waals surface area contributed by atoms with E-state index in [1.54, 1.807) is 12.4 Å². The van der Waals surface area contributed by atoms with Crippen molar-refractivity contribution >= 4 is 5.82 Å². The van der Waals surface area contributed by atoms with Crippen LogP contribution in [0.1, 0.15) is 0 Å². The third kappa shape index (κ3) is 1.50. The molecule has 13 heavy (non-hydrogen) atoms. The molecule has 0 bridgehead atoms. The van der Waals surface area contributed by atoms with Crippen molar-refractivity contribution in [2.75, 3.05) is 5.43 Å². The third-order valence-electron chi connectivity index (χ3n) is 1.74. The van der Waals surface area contributed by atoms with Crippen molar-refractivity contribution < 1.29 is 0 Å². The molecule has 2 heterocycles. The van der Waals surface area contributed by atoms with Gasteiger partial charge in [0.2, 0.25) is 0 Å². The second-order valence-electron chi connectivity index (χ2n) is 2.56. The molecule has 0 radical (unpaired) electrons. The van der Waals surface area contributed by atoms with Crippen molar-refractivity contribution in [2.24, 2.45) is 5.84 Å². The van der Waals surface area contributed by atoms with Crippen molar-refractivity contribution in [1.82, 2.24) is 15.2 Å². The van der Waals surface area contributed by atoms with Gasteiger partial charge in [-0.1, -0.05) is 0 Å². The molecule has 0 aliphatic rings. The van der Waals surface area contributed by atoms with Gasteiger partial charge in [-0.3, -0.25) is 5.10 Å². The molecule has 0 aliphatic heterocycles. The van der Waals surface area contributed by atoms with Gasteiger partial charge in [-0.05, 0) is 17.7 Å². The van der Waals surface area contributed by atoms with Crippen LogP contribution < -0.4 is 11.3 Å². The molecule has 0 atom stereocenters. The van der Waals surface area contributed by atoms with Crippen LogP contribution in [0.25, 0.3) is 11.1 Å². The van der Waals surface area contributed by atoms with Gasteiger partial charge in [0.05, 0.1) is 6.20 Å². The molecule has 2 aromatic rings. The lowest BCUT2D eigenvalue weighted by Crippen LogP contribution is -2.07. The number of aromatic amines is 1. The molecule has 0 unspecified atom stereocenters. The van der Waals surface area contributed by atoms with Gasteiger partial charge in [0.15, 0.2) is 0 Å². The highest BCUT2D eigenvalue weighted by molar-refractivity contribution is 5.64. The van der Waals surface area contributed by atoms with Crippen LogP contribution >= 0.6 is 0 Å². The van der Waals surface area contributed by atoms with E-state index in [2.05, 4.69) is 20.6 Å². The summed E-state index contributed by atoms with van der Waals surface area (Å²) < 4.78 is 0. The summed E-state index contributed by atoms with van der Waals surface area (Å²) >= 11 is 0. The van der Waals surface area contributed by atoms with E-state index in [4.69, 9.17) is 5.84 Å². The predicted molar refractivity (Wildman–Crippen MR) is 49.6 cm³/mol. The van der Waals surface area contributed by atoms with Crippen LogP contribution in [0.2, 0.25) is 0 Å². The molecule has 0 saturated carbocycles. The van der Waals surface area contributed by atoms with E-state index in [1.807, 2.05) is 18.3 Å². The van der Waals surface area contributed by atoms with Gasteiger partial charge < -0.3 is 5.43 Å². The molecule has 0 spiro atoms. The van der Waals surface area contributed by atoms with Crippen LogP contribution in [-0.2, 0) is 0 Å². The predicted octanol–water partition coefficient (Wildman–Crippen LogP) is 0.757. The lowest BCUT2D eigenvalue weighted by Gasteiger charge is -2.00. The Balaban J connectivity index is 2.41. The molecule has 5 nitrogen and oxygen atoms in total. The number of pyridine rings is 1. The number of nitrogen functional groups attached to an aromatic ring is 1. The van der Waals surface area contributed by atoms with Crippen molar-refractivity contribution in [1.29, 1.82) is 0 Å². The van der Waals surface area contributed by atoms with E-state index in [9.17, 15) is 0 Å². The number of nitrogens with two attached hydrogens (primary N) is 1. The summed E-state index contributed by atoms with van der Waals surface area (Å²) in [5.41, 5.74) is 4.53. The molecular weight excluding hydrogens is 166 g/mol. The van der Waals surface area contributed by atoms with Gasteiger partial charge >= 0.3 is 0 Å². The molecule has 0 saturated heterocycles. The second kappa shape index (κ2) is 3.24. The SMILES string of the molecule is NNc1cc(-c2cn[nH]c2)ccn1. The summed E-state index contributed by atoms with van der Waals surface area (Å²) in [4.78, 5) is 4.00. The Morgan fingerprint density at radius 2 is 2.31 bits per heavy atom. The number of nitrogens with one attached hydrogen (secondary N) is 2. The second-order valence-corrected chi connectivity index (χ2v) is 2.56. The summed E-state index contributed by atoms with van der Waals surface area (Å²) in [6.45, 7) is 0. The zero-order valence-electron chi connectivity index (χ0n) is 6.86. The van der Waals surface area contributed by atoms with Crippen LogP contribution in [-0.4, -0.2) is 15.2 Å². The molecular formula is C8H9N5. The van der Waals surface area contributed by atoms with Crippen LogP contribution in [0.3, 0.4) is 0 Å². The normalized spacial score (nSPS) is 9.92. The minimum atomic E-state index is 0.638. The Morgan fingerprint density at radius 3 is 3.00 bits per heavy atom. The summed E-state index contributed by atoms with van der Waals surface area (Å²) in [6, 6.07) is 3.75. The Hall–Kier alpha value is -1.88. The van der Waals surface area contributed by atoms with Crippen LogP contribution in [0.4, 0.5) is 5.82 Å². The molecule has 4 N–H and O–H groups in total. The maximum atomic E-state index is 5.24. The van der Waals surface area contributed by atoms with Crippen LogP contribution in [0, 0.1) is 0 Å². The summed E-state index contributed by atoms with van der Waals surface area (Å²) in [5.74, 6) is 5.87. The van der Waals surface area contributed by atoms with Crippen molar-refractivity contribution in [3.8, 4) is 11.1 Å². The van der Waals surface area contributed by atoms with Gasteiger partial charge in [-0.25, -0.2) is 10.8 Å². The zero-order valence-corrected chi connectivity index (χ0v) is 6.86. The number of hydrazine groups is 1. The Morgan fingerprint density at radius 1 is 1.38 bits per heavy atom. The summed E-state index contributed by atoms with van der Waals surface area (Å²) in [7, 11) is 0. The van der Waals surface area contributed by atoms with Crippen LogP contribution in [0.5, 0.6) is 0 Å². The standard InChI is InChI=1S/C8H9N5/c9-13-8-3-6(1-2-10-8)7-4-11-12-5-7/h1-5H,9H2,(H,10,13)(H,11,12). The van der Waals surface area contributed by atoms with E-state index in [0.29, 0.717) is 5.82 Å². The fourth-order valence-corrected chi connectivity index (χ4v) is 1.10. The largest absolute Gasteiger partial charge is 0.308 e. The number of anilines is 1. The number of rotatable bonds is 2.